The monoisotopic (exact) mass is 352 g/mol. The molecule has 1 fully saturated rings. The molecule has 1 aromatic carbocycles. The van der Waals surface area contributed by atoms with Crippen LogP contribution in [0, 0.1) is 0 Å². The van der Waals surface area contributed by atoms with Crippen molar-refractivity contribution in [1.82, 2.24) is 8.61 Å². The van der Waals surface area contributed by atoms with Crippen LogP contribution in [0.25, 0.3) is 0 Å². The molecule has 1 saturated heterocycles. The first kappa shape index (κ1) is 16.7. The molecule has 0 aromatic heterocycles. The van der Waals surface area contributed by atoms with E-state index >= 15 is 0 Å². The molecule has 1 aliphatic heterocycles. The van der Waals surface area contributed by atoms with Crippen molar-refractivity contribution in [3.63, 3.8) is 0 Å². The molecule has 6 nitrogen and oxygen atoms in total. The summed E-state index contributed by atoms with van der Waals surface area (Å²) in [6, 6.07) is 6.07. The second-order valence-electron chi connectivity index (χ2n) is 4.88. The lowest BCUT2D eigenvalue weighted by molar-refractivity contribution is 0.406. The Morgan fingerprint density at radius 1 is 1.00 bits per heavy atom. The van der Waals surface area contributed by atoms with Gasteiger partial charge in [0.05, 0.1) is 11.2 Å². The molecule has 0 aliphatic carbocycles. The first-order chi connectivity index (χ1) is 9.71. The summed E-state index contributed by atoms with van der Waals surface area (Å²) in [4.78, 5) is 0.128. The highest BCUT2D eigenvalue weighted by atomic mass is 35.5. The summed E-state index contributed by atoms with van der Waals surface area (Å²) >= 11 is 5.83. The molecule has 0 N–H and O–H groups in total. The molecule has 21 heavy (non-hydrogen) atoms. The lowest BCUT2D eigenvalue weighted by atomic mass is 10.4. The third kappa shape index (κ3) is 3.95. The third-order valence-corrected chi connectivity index (χ3v) is 6.75. The van der Waals surface area contributed by atoms with Crippen LogP contribution in [-0.2, 0) is 20.0 Å². The van der Waals surface area contributed by atoms with E-state index in [-0.39, 0.29) is 18.0 Å². The van der Waals surface area contributed by atoms with Gasteiger partial charge >= 0.3 is 0 Å². The second-order valence-corrected chi connectivity index (χ2v) is 9.23. The Morgan fingerprint density at radius 3 is 2.24 bits per heavy atom. The fourth-order valence-electron chi connectivity index (χ4n) is 2.22. The zero-order chi connectivity index (χ0) is 15.7. The first-order valence-corrected chi connectivity index (χ1v) is 10.1. The summed E-state index contributed by atoms with van der Waals surface area (Å²) < 4.78 is 50.8. The van der Waals surface area contributed by atoms with E-state index in [0.29, 0.717) is 24.5 Å². The Balaban J connectivity index is 2.22. The van der Waals surface area contributed by atoms with Gasteiger partial charge in [0.1, 0.15) is 0 Å². The highest BCUT2D eigenvalue weighted by Crippen LogP contribution is 2.21. The van der Waals surface area contributed by atoms with Gasteiger partial charge < -0.3 is 0 Å². The molecule has 118 valence electrons. The largest absolute Gasteiger partial charge is 0.243 e. The Bertz CT molecular complexity index is 719. The number of rotatable bonds is 3. The van der Waals surface area contributed by atoms with Crippen LogP contribution in [-0.4, -0.2) is 57.9 Å². The minimum Gasteiger partial charge on any atom is -0.213 e. The topological polar surface area (TPSA) is 74.8 Å². The maximum atomic E-state index is 12.5. The number of sulfonamides is 2. The average molecular weight is 353 g/mol. The smallest absolute Gasteiger partial charge is 0.213 e. The van der Waals surface area contributed by atoms with Gasteiger partial charge in [-0.3, -0.25) is 0 Å². The molecule has 1 heterocycles. The van der Waals surface area contributed by atoms with E-state index in [0.717, 1.165) is 6.26 Å². The second kappa shape index (κ2) is 6.21. The first-order valence-electron chi connectivity index (χ1n) is 6.42. The number of halogens is 1. The maximum absolute atomic E-state index is 12.5. The number of hydrogen-bond donors (Lipinski definition) is 0. The molecule has 0 atom stereocenters. The predicted molar refractivity (Wildman–Crippen MR) is 81.2 cm³/mol. The van der Waals surface area contributed by atoms with E-state index in [1.807, 2.05) is 0 Å². The maximum Gasteiger partial charge on any atom is 0.243 e. The standard InChI is InChI=1S/C12H17ClN2O4S2/c1-20(16,17)14-6-3-7-15(9-8-14)21(18,19)12-5-2-4-11(13)10-12/h2,4-5,10H,3,6-9H2,1H3. The van der Waals surface area contributed by atoms with E-state index in [2.05, 4.69) is 0 Å². The van der Waals surface area contributed by atoms with Gasteiger partial charge in [-0.25, -0.2) is 21.1 Å². The Labute approximate surface area is 130 Å². The molecule has 0 unspecified atom stereocenters. The van der Waals surface area contributed by atoms with Crippen molar-refractivity contribution in [1.29, 1.82) is 0 Å². The van der Waals surface area contributed by atoms with Gasteiger partial charge in [0.15, 0.2) is 0 Å². The van der Waals surface area contributed by atoms with E-state index in [9.17, 15) is 16.8 Å². The molecule has 9 heteroatoms. The van der Waals surface area contributed by atoms with E-state index in [1.54, 1.807) is 12.1 Å². The molecule has 0 bridgehead atoms. The van der Waals surface area contributed by atoms with Gasteiger partial charge in [-0.15, -0.1) is 0 Å². The van der Waals surface area contributed by atoms with Crippen LogP contribution in [0.4, 0.5) is 0 Å². The lowest BCUT2D eigenvalue weighted by Crippen LogP contribution is -2.36. The minimum absolute atomic E-state index is 0.128. The SMILES string of the molecule is CS(=O)(=O)N1CCCN(S(=O)(=O)c2cccc(Cl)c2)CC1. The quantitative estimate of drug-likeness (QED) is 0.813. The Morgan fingerprint density at radius 2 is 1.62 bits per heavy atom. The molecule has 0 radical (unpaired) electrons. The van der Waals surface area contributed by atoms with Crippen molar-refractivity contribution >= 4 is 31.6 Å². The minimum atomic E-state index is -3.65. The van der Waals surface area contributed by atoms with Crippen LogP contribution < -0.4 is 0 Å². The molecule has 0 spiro atoms. The van der Waals surface area contributed by atoms with E-state index in [1.165, 1.54) is 20.7 Å². The van der Waals surface area contributed by atoms with Crippen LogP contribution in [0.5, 0.6) is 0 Å². The van der Waals surface area contributed by atoms with Gasteiger partial charge in [-0.2, -0.15) is 4.31 Å². The summed E-state index contributed by atoms with van der Waals surface area (Å²) in [7, 11) is -6.95. The summed E-state index contributed by atoms with van der Waals surface area (Å²) in [6.07, 6.45) is 1.60. The molecule has 0 saturated carbocycles. The van der Waals surface area contributed by atoms with Crippen molar-refractivity contribution in [2.45, 2.75) is 11.3 Å². The molecule has 1 aliphatic rings. The van der Waals surface area contributed by atoms with Crippen molar-refractivity contribution < 1.29 is 16.8 Å². The zero-order valence-electron chi connectivity index (χ0n) is 11.6. The van der Waals surface area contributed by atoms with Crippen LogP contribution in [0.2, 0.25) is 5.02 Å². The summed E-state index contributed by atoms with van der Waals surface area (Å²) in [5.74, 6) is 0. The normalized spacial score (nSPS) is 19.3. The molecular weight excluding hydrogens is 336 g/mol. The van der Waals surface area contributed by atoms with Crippen LogP contribution in [0.15, 0.2) is 29.2 Å². The highest BCUT2D eigenvalue weighted by Gasteiger charge is 2.29. The Hall–Kier alpha value is -0.670. The molecular formula is C12H17ClN2O4S2. The summed E-state index contributed by atoms with van der Waals surface area (Å²) in [5.41, 5.74) is 0. The van der Waals surface area contributed by atoms with Crippen molar-refractivity contribution in [2.75, 3.05) is 32.4 Å². The summed E-state index contributed by atoms with van der Waals surface area (Å²) in [5, 5.41) is 0.351. The predicted octanol–water partition coefficient (Wildman–Crippen LogP) is 0.996. The van der Waals surface area contributed by atoms with Gasteiger partial charge in [0.25, 0.3) is 0 Å². The number of nitrogens with zero attached hydrogens (tertiary/aromatic N) is 2. The molecule has 0 amide bonds. The van der Waals surface area contributed by atoms with Crippen molar-refractivity contribution in [3.05, 3.63) is 29.3 Å². The van der Waals surface area contributed by atoms with Crippen molar-refractivity contribution in [2.24, 2.45) is 0 Å². The fraction of sp³-hybridized carbons (Fsp3) is 0.500. The average Bonchev–Trinajstić information content (AvgIpc) is 2.64. The van der Waals surface area contributed by atoms with Gasteiger partial charge in [-0.1, -0.05) is 17.7 Å². The fourth-order valence-corrected chi connectivity index (χ4v) is 4.86. The lowest BCUT2D eigenvalue weighted by Gasteiger charge is -2.20. The third-order valence-electron chi connectivity index (χ3n) is 3.32. The summed E-state index contributed by atoms with van der Waals surface area (Å²) in [6.45, 7) is 0.932. The van der Waals surface area contributed by atoms with Gasteiger partial charge in [-0.05, 0) is 24.6 Å². The van der Waals surface area contributed by atoms with E-state index in [4.69, 9.17) is 11.6 Å². The van der Waals surface area contributed by atoms with Crippen LogP contribution >= 0.6 is 11.6 Å². The molecule has 2 rings (SSSR count). The van der Waals surface area contributed by atoms with Crippen LogP contribution in [0.1, 0.15) is 6.42 Å². The van der Waals surface area contributed by atoms with Crippen molar-refractivity contribution in [3.8, 4) is 0 Å². The number of benzene rings is 1. The van der Waals surface area contributed by atoms with Crippen LogP contribution in [0.3, 0.4) is 0 Å². The zero-order valence-corrected chi connectivity index (χ0v) is 14.0. The highest BCUT2D eigenvalue weighted by molar-refractivity contribution is 7.89. The molecule has 1 aromatic rings. The van der Waals surface area contributed by atoms with Gasteiger partial charge in [0.2, 0.25) is 20.0 Å². The van der Waals surface area contributed by atoms with Gasteiger partial charge in [0, 0.05) is 31.2 Å². The number of hydrogen-bond acceptors (Lipinski definition) is 4. The Kier molecular flexibility index (Phi) is 4.94. The van der Waals surface area contributed by atoms with E-state index < -0.39 is 20.0 Å².